The molecule has 0 spiro atoms. The van der Waals surface area contributed by atoms with E-state index in [2.05, 4.69) is 38.4 Å². The average molecular weight is 418 g/mol. The first-order valence-electron chi connectivity index (χ1n) is 7.97. The summed E-state index contributed by atoms with van der Waals surface area (Å²) in [5.41, 5.74) is 3.29. The van der Waals surface area contributed by atoms with Gasteiger partial charge in [-0.2, -0.15) is 0 Å². The number of nitrogens with zero attached hydrogens (tertiary/aromatic N) is 1. The van der Waals surface area contributed by atoms with Crippen molar-refractivity contribution in [2.45, 2.75) is 19.7 Å². The molecule has 5 heteroatoms. The Labute approximate surface area is 161 Å². The summed E-state index contributed by atoms with van der Waals surface area (Å²) >= 11 is 9.48. The van der Waals surface area contributed by atoms with E-state index in [9.17, 15) is 0 Å². The lowest BCUT2D eigenvalue weighted by atomic mass is 10.2. The fourth-order valence-corrected chi connectivity index (χ4v) is 3.02. The van der Waals surface area contributed by atoms with Crippen LogP contribution < -0.4 is 10.1 Å². The fraction of sp³-hybridized carbons (Fsp3) is 0.150. The maximum Gasteiger partial charge on any atom is 0.134 e. The van der Waals surface area contributed by atoms with Crippen molar-refractivity contribution in [2.75, 3.05) is 0 Å². The Hall–Kier alpha value is -1.88. The van der Waals surface area contributed by atoms with Crippen molar-refractivity contribution in [1.29, 1.82) is 0 Å². The zero-order valence-corrected chi connectivity index (χ0v) is 15.9. The molecule has 0 saturated carbocycles. The minimum Gasteiger partial charge on any atom is -0.488 e. The summed E-state index contributed by atoms with van der Waals surface area (Å²) in [6.07, 6.45) is 1.81. The summed E-state index contributed by atoms with van der Waals surface area (Å²) in [5, 5.41) is 4.12. The molecule has 1 N–H and O–H groups in total. The first-order valence-corrected chi connectivity index (χ1v) is 9.14. The third kappa shape index (κ3) is 5.56. The van der Waals surface area contributed by atoms with E-state index in [1.807, 2.05) is 48.5 Å². The third-order valence-corrected chi connectivity index (χ3v) is 4.54. The molecule has 25 heavy (non-hydrogen) atoms. The van der Waals surface area contributed by atoms with Crippen LogP contribution in [0.15, 0.2) is 71.3 Å². The topological polar surface area (TPSA) is 34.1 Å². The second-order valence-corrected chi connectivity index (χ2v) is 6.90. The first-order chi connectivity index (χ1) is 12.2. The molecule has 0 aliphatic heterocycles. The van der Waals surface area contributed by atoms with E-state index in [0.717, 1.165) is 39.6 Å². The van der Waals surface area contributed by atoms with Gasteiger partial charge in [0, 0.05) is 24.3 Å². The van der Waals surface area contributed by atoms with Crippen molar-refractivity contribution in [2.24, 2.45) is 0 Å². The van der Waals surface area contributed by atoms with E-state index in [-0.39, 0.29) is 0 Å². The quantitative estimate of drug-likeness (QED) is 0.561. The summed E-state index contributed by atoms with van der Waals surface area (Å²) < 4.78 is 6.81. The largest absolute Gasteiger partial charge is 0.488 e. The minimum absolute atomic E-state index is 0.507. The number of pyridine rings is 1. The molecule has 0 radical (unpaired) electrons. The number of halogens is 2. The zero-order chi connectivity index (χ0) is 17.5. The predicted octanol–water partition coefficient (Wildman–Crippen LogP) is 5.37. The van der Waals surface area contributed by atoms with E-state index in [1.54, 1.807) is 6.20 Å². The maximum atomic E-state index is 5.89. The Bertz CT molecular complexity index is 810. The molecule has 0 amide bonds. The Morgan fingerprint density at radius 1 is 0.960 bits per heavy atom. The van der Waals surface area contributed by atoms with Crippen LogP contribution in [0.25, 0.3) is 0 Å². The van der Waals surface area contributed by atoms with Gasteiger partial charge >= 0.3 is 0 Å². The van der Waals surface area contributed by atoms with Gasteiger partial charge in [-0.1, -0.05) is 35.9 Å². The average Bonchev–Trinajstić information content (AvgIpc) is 2.63. The summed E-state index contributed by atoms with van der Waals surface area (Å²) in [5.74, 6) is 0.823. The van der Waals surface area contributed by atoms with Crippen LogP contribution >= 0.6 is 27.5 Å². The van der Waals surface area contributed by atoms with E-state index in [0.29, 0.717) is 6.61 Å². The molecule has 3 aromatic rings. The van der Waals surface area contributed by atoms with Crippen molar-refractivity contribution in [3.8, 4) is 5.75 Å². The molecule has 3 rings (SSSR count). The van der Waals surface area contributed by atoms with Gasteiger partial charge in [0.2, 0.25) is 0 Å². The molecule has 0 aliphatic carbocycles. The van der Waals surface area contributed by atoms with Crippen molar-refractivity contribution < 1.29 is 4.74 Å². The normalized spacial score (nSPS) is 10.6. The molecule has 0 fully saturated rings. The van der Waals surface area contributed by atoms with E-state index in [1.165, 1.54) is 5.56 Å². The van der Waals surface area contributed by atoms with Gasteiger partial charge in [0.05, 0.1) is 10.2 Å². The van der Waals surface area contributed by atoms with Crippen molar-refractivity contribution in [1.82, 2.24) is 10.3 Å². The van der Waals surface area contributed by atoms with Crippen LogP contribution in [0.1, 0.15) is 16.8 Å². The van der Waals surface area contributed by atoms with Gasteiger partial charge in [0.1, 0.15) is 12.4 Å². The standard InChI is InChI=1S/C20H18BrClN2O/c21-19-11-16(12-23-13-18-3-1-2-10-24-18)6-9-20(19)25-14-15-4-7-17(22)8-5-15/h1-11,23H,12-14H2. The summed E-state index contributed by atoms with van der Waals surface area (Å²) in [6, 6.07) is 19.7. The molecule has 0 aliphatic rings. The number of rotatable bonds is 7. The van der Waals surface area contributed by atoms with E-state index >= 15 is 0 Å². The van der Waals surface area contributed by atoms with Gasteiger partial charge in [-0.25, -0.2) is 0 Å². The molecule has 0 saturated heterocycles. The predicted molar refractivity (Wildman–Crippen MR) is 105 cm³/mol. The lowest BCUT2D eigenvalue weighted by Crippen LogP contribution is -2.13. The van der Waals surface area contributed by atoms with Crippen LogP contribution in [0.2, 0.25) is 5.02 Å². The van der Waals surface area contributed by atoms with Gasteiger partial charge in [0.15, 0.2) is 0 Å². The Morgan fingerprint density at radius 3 is 2.48 bits per heavy atom. The second kappa shape index (κ2) is 8.99. The minimum atomic E-state index is 0.507. The van der Waals surface area contributed by atoms with Crippen LogP contribution in [-0.4, -0.2) is 4.98 Å². The maximum absolute atomic E-state index is 5.89. The Morgan fingerprint density at radius 2 is 1.76 bits per heavy atom. The van der Waals surface area contributed by atoms with Crippen molar-refractivity contribution in [3.05, 3.63) is 93.2 Å². The highest BCUT2D eigenvalue weighted by atomic mass is 79.9. The summed E-state index contributed by atoms with van der Waals surface area (Å²) in [7, 11) is 0. The Balaban J connectivity index is 1.52. The van der Waals surface area contributed by atoms with Crippen molar-refractivity contribution in [3.63, 3.8) is 0 Å². The molecule has 0 unspecified atom stereocenters. The summed E-state index contributed by atoms with van der Waals surface area (Å²) in [6.45, 7) is 2.02. The molecule has 3 nitrogen and oxygen atoms in total. The molecule has 0 bridgehead atoms. The number of aromatic nitrogens is 1. The van der Waals surface area contributed by atoms with Crippen LogP contribution in [0.4, 0.5) is 0 Å². The molecule has 2 aromatic carbocycles. The fourth-order valence-electron chi connectivity index (χ4n) is 2.35. The molecular formula is C20H18BrClN2O. The summed E-state index contributed by atoms with van der Waals surface area (Å²) in [4.78, 5) is 4.30. The zero-order valence-electron chi connectivity index (χ0n) is 13.6. The molecule has 128 valence electrons. The van der Waals surface area contributed by atoms with Gasteiger partial charge < -0.3 is 10.1 Å². The first kappa shape index (κ1) is 17.9. The number of hydrogen-bond acceptors (Lipinski definition) is 3. The van der Waals surface area contributed by atoms with Crippen LogP contribution in [-0.2, 0) is 19.7 Å². The molecular weight excluding hydrogens is 400 g/mol. The van der Waals surface area contributed by atoms with Crippen LogP contribution in [0.5, 0.6) is 5.75 Å². The molecule has 1 heterocycles. The third-order valence-electron chi connectivity index (χ3n) is 3.67. The van der Waals surface area contributed by atoms with Gasteiger partial charge in [-0.15, -0.1) is 0 Å². The number of ether oxygens (including phenoxy) is 1. The van der Waals surface area contributed by atoms with Gasteiger partial charge in [0.25, 0.3) is 0 Å². The monoisotopic (exact) mass is 416 g/mol. The number of nitrogens with one attached hydrogen (secondary N) is 1. The van der Waals surface area contributed by atoms with E-state index < -0.39 is 0 Å². The smallest absolute Gasteiger partial charge is 0.134 e. The van der Waals surface area contributed by atoms with Crippen LogP contribution in [0, 0.1) is 0 Å². The van der Waals surface area contributed by atoms with Crippen molar-refractivity contribution >= 4 is 27.5 Å². The van der Waals surface area contributed by atoms with Crippen LogP contribution in [0.3, 0.4) is 0 Å². The second-order valence-electron chi connectivity index (χ2n) is 5.60. The molecule has 1 aromatic heterocycles. The van der Waals surface area contributed by atoms with E-state index in [4.69, 9.17) is 16.3 Å². The van der Waals surface area contributed by atoms with Gasteiger partial charge in [-0.05, 0) is 63.5 Å². The Kier molecular flexibility index (Phi) is 6.45. The lowest BCUT2D eigenvalue weighted by molar-refractivity contribution is 0.304. The highest BCUT2D eigenvalue weighted by Gasteiger charge is 2.04. The SMILES string of the molecule is Clc1ccc(COc2ccc(CNCc3ccccn3)cc2Br)cc1. The lowest BCUT2D eigenvalue weighted by Gasteiger charge is -2.11. The molecule has 0 atom stereocenters. The number of benzene rings is 2. The highest BCUT2D eigenvalue weighted by Crippen LogP contribution is 2.27. The highest BCUT2D eigenvalue weighted by molar-refractivity contribution is 9.10. The number of hydrogen-bond donors (Lipinski definition) is 1. The van der Waals surface area contributed by atoms with Gasteiger partial charge in [-0.3, -0.25) is 4.98 Å².